The first-order valence-corrected chi connectivity index (χ1v) is 10.1. The third kappa shape index (κ3) is 5.01. The van der Waals surface area contributed by atoms with Crippen molar-refractivity contribution in [2.75, 3.05) is 6.61 Å². The average molecular weight is 414 g/mol. The standard InChI is InChI=1S/C26H22O5/c1-2-18-8-10-19(11-9-18)14-24-26(28)22-13-12-21(15-23(22)31-24)29-17-25(27)30-16-20-6-4-3-5-7-20/h3-15H,2,16-17H2,1H3/b24-14-. The maximum absolute atomic E-state index is 12.6. The van der Waals surface area contributed by atoms with Crippen molar-refractivity contribution >= 4 is 17.8 Å². The van der Waals surface area contributed by atoms with Gasteiger partial charge in [0.15, 0.2) is 12.4 Å². The van der Waals surface area contributed by atoms with Crippen molar-refractivity contribution in [3.63, 3.8) is 0 Å². The third-order valence-corrected chi connectivity index (χ3v) is 4.93. The van der Waals surface area contributed by atoms with Crippen LogP contribution in [0.3, 0.4) is 0 Å². The highest BCUT2D eigenvalue weighted by atomic mass is 16.6. The number of benzene rings is 3. The van der Waals surface area contributed by atoms with E-state index in [9.17, 15) is 9.59 Å². The molecular formula is C26H22O5. The SMILES string of the molecule is CCc1ccc(/C=C2\Oc3cc(OCC(=O)OCc4ccccc4)ccc3C2=O)cc1. The second kappa shape index (κ2) is 9.30. The number of ketones is 1. The number of hydrogen-bond acceptors (Lipinski definition) is 5. The molecule has 0 spiro atoms. The van der Waals surface area contributed by atoms with Gasteiger partial charge in [0.05, 0.1) is 5.56 Å². The largest absolute Gasteiger partial charge is 0.482 e. The van der Waals surface area contributed by atoms with E-state index >= 15 is 0 Å². The number of carbonyl (C=O) groups excluding carboxylic acids is 2. The topological polar surface area (TPSA) is 61.8 Å². The van der Waals surface area contributed by atoms with Crippen LogP contribution in [0.25, 0.3) is 6.08 Å². The maximum atomic E-state index is 12.6. The van der Waals surface area contributed by atoms with Crippen molar-refractivity contribution in [3.05, 3.63) is 101 Å². The molecule has 5 heteroatoms. The van der Waals surface area contributed by atoms with Gasteiger partial charge in [0.2, 0.25) is 5.78 Å². The van der Waals surface area contributed by atoms with Gasteiger partial charge in [0.25, 0.3) is 0 Å². The van der Waals surface area contributed by atoms with Crippen LogP contribution in [0, 0.1) is 0 Å². The number of rotatable bonds is 7. The lowest BCUT2D eigenvalue weighted by molar-refractivity contribution is -0.147. The molecule has 0 fully saturated rings. The van der Waals surface area contributed by atoms with Crippen LogP contribution in [-0.2, 0) is 22.6 Å². The summed E-state index contributed by atoms with van der Waals surface area (Å²) in [5.74, 6) is 0.452. The van der Waals surface area contributed by atoms with Crippen molar-refractivity contribution in [1.29, 1.82) is 0 Å². The monoisotopic (exact) mass is 414 g/mol. The number of hydrogen-bond donors (Lipinski definition) is 0. The lowest BCUT2D eigenvalue weighted by Gasteiger charge is -2.08. The molecule has 0 aliphatic carbocycles. The van der Waals surface area contributed by atoms with E-state index in [0.717, 1.165) is 17.5 Å². The molecule has 1 aliphatic rings. The van der Waals surface area contributed by atoms with Gasteiger partial charge >= 0.3 is 5.97 Å². The second-order valence-corrected chi connectivity index (χ2v) is 7.13. The van der Waals surface area contributed by atoms with E-state index in [2.05, 4.69) is 6.92 Å². The fourth-order valence-electron chi connectivity index (χ4n) is 3.18. The summed E-state index contributed by atoms with van der Waals surface area (Å²) in [6.07, 6.45) is 2.68. The molecule has 3 aromatic carbocycles. The first-order valence-electron chi connectivity index (χ1n) is 10.1. The fraction of sp³-hybridized carbons (Fsp3) is 0.154. The summed E-state index contributed by atoms with van der Waals surface area (Å²) in [5.41, 5.74) is 3.50. The molecule has 1 aliphatic heterocycles. The predicted molar refractivity (Wildman–Crippen MR) is 117 cm³/mol. The maximum Gasteiger partial charge on any atom is 0.344 e. The quantitative estimate of drug-likeness (QED) is 0.403. The van der Waals surface area contributed by atoms with Gasteiger partial charge < -0.3 is 14.2 Å². The number of ether oxygens (including phenoxy) is 3. The van der Waals surface area contributed by atoms with Gasteiger partial charge in [-0.15, -0.1) is 0 Å². The van der Waals surface area contributed by atoms with Gasteiger partial charge in [-0.25, -0.2) is 4.79 Å². The third-order valence-electron chi connectivity index (χ3n) is 4.93. The summed E-state index contributed by atoms with van der Waals surface area (Å²) < 4.78 is 16.5. The molecule has 4 rings (SSSR count). The Balaban J connectivity index is 1.36. The molecule has 5 nitrogen and oxygen atoms in total. The minimum Gasteiger partial charge on any atom is -0.482 e. The molecule has 1 heterocycles. The highest BCUT2D eigenvalue weighted by molar-refractivity contribution is 6.14. The van der Waals surface area contributed by atoms with Crippen LogP contribution in [0.4, 0.5) is 0 Å². The highest BCUT2D eigenvalue weighted by Crippen LogP contribution is 2.34. The zero-order valence-electron chi connectivity index (χ0n) is 17.2. The molecular weight excluding hydrogens is 392 g/mol. The van der Waals surface area contributed by atoms with E-state index < -0.39 is 5.97 Å². The van der Waals surface area contributed by atoms with E-state index in [0.29, 0.717) is 17.1 Å². The number of esters is 1. The first-order chi connectivity index (χ1) is 15.1. The molecule has 0 saturated heterocycles. The van der Waals surface area contributed by atoms with Gasteiger partial charge in [-0.1, -0.05) is 61.5 Å². The highest BCUT2D eigenvalue weighted by Gasteiger charge is 2.27. The van der Waals surface area contributed by atoms with Crippen molar-refractivity contribution in [2.45, 2.75) is 20.0 Å². The zero-order valence-corrected chi connectivity index (χ0v) is 17.2. The Kier molecular flexibility index (Phi) is 6.13. The molecule has 0 atom stereocenters. The molecule has 31 heavy (non-hydrogen) atoms. The Hall–Kier alpha value is -3.86. The average Bonchev–Trinajstić information content (AvgIpc) is 3.12. The Bertz CT molecular complexity index is 1110. The molecule has 0 unspecified atom stereocenters. The van der Waals surface area contributed by atoms with E-state index in [1.165, 1.54) is 5.56 Å². The summed E-state index contributed by atoms with van der Waals surface area (Å²) in [6.45, 7) is 2.06. The Morgan fingerprint density at radius 1 is 0.968 bits per heavy atom. The molecule has 0 bridgehead atoms. The summed E-state index contributed by atoms with van der Waals surface area (Å²) in [4.78, 5) is 24.5. The van der Waals surface area contributed by atoms with Gasteiger partial charge in [0.1, 0.15) is 18.1 Å². The lowest BCUT2D eigenvalue weighted by Crippen LogP contribution is -2.14. The Labute approximate surface area is 180 Å². The lowest BCUT2D eigenvalue weighted by atomic mass is 10.1. The van der Waals surface area contributed by atoms with E-state index in [1.807, 2.05) is 54.6 Å². The van der Waals surface area contributed by atoms with Crippen molar-refractivity contribution in [3.8, 4) is 11.5 Å². The number of fused-ring (bicyclic) bond motifs is 1. The number of carbonyl (C=O) groups is 2. The van der Waals surface area contributed by atoms with Crippen LogP contribution in [0.5, 0.6) is 11.5 Å². The molecule has 3 aromatic rings. The van der Waals surface area contributed by atoms with Crippen molar-refractivity contribution in [2.24, 2.45) is 0 Å². The molecule has 0 aromatic heterocycles. The van der Waals surface area contributed by atoms with Crippen LogP contribution in [-0.4, -0.2) is 18.4 Å². The second-order valence-electron chi connectivity index (χ2n) is 7.13. The van der Waals surface area contributed by atoms with Gasteiger partial charge in [-0.3, -0.25) is 4.79 Å². The predicted octanol–water partition coefficient (Wildman–Crippen LogP) is 4.99. The molecule has 156 valence electrons. The van der Waals surface area contributed by atoms with Gasteiger partial charge in [0, 0.05) is 6.07 Å². The number of Topliss-reactive ketones (excluding diaryl/α,β-unsaturated/α-hetero) is 1. The zero-order chi connectivity index (χ0) is 21.6. The minimum absolute atomic E-state index is 0.177. The van der Waals surface area contributed by atoms with Gasteiger partial charge in [-0.2, -0.15) is 0 Å². The van der Waals surface area contributed by atoms with Crippen LogP contribution in [0.2, 0.25) is 0 Å². The van der Waals surface area contributed by atoms with Crippen molar-refractivity contribution in [1.82, 2.24) is 0 Å². The number of allylic oxidation sites excluding steroid dienone is 1. The smallest absolute Gasteiger partial charge is 0.344 e. The summed E-state index contributed by atoms with van der Waals surface area (Å²) in [7, 11) is 0. The summed E-state index contributed by atoms with van der Waals surface area (Å²) >= 11 is 0. The normalized spacial score (nSPS) is 13.6. The van der Waals surface area contributed by atoms with E-state index in [4.69, 9.17) is 14.2 Å². The van der Waals surface area contributed by atoms with Crippen LogP contribution < -0.4 is 9.47 Å². The van der Waals surface area contributed by atoms with E-state index in [-0.39, 0.29) is 24.8 Å². The van der Waals surface area contributed by atoms with Crippen LogP contribution >= 0.6 is 0 Å². The fourth-order valence-corrected chi connectivity index (χ4v) is 3.18. The number of aryl methyl sites for hydroxylation is 1. The first kappa shape index (κ1) is 20.4. The molecule has 0 saturated carbocycles. The van der Waals surface area contributed by atoms with Crippen LogP contribution in [0.1, 0.15) is 34.0 Å². The molecule has 0 radical (unpaired) electrons. The Morgan fingerprint density at radius 3 is 2.48 bits per heavy atom. The summed E-state index contributed by atoms with van der Waals surface area (Å²) in [6, 6.07) is 22.3. The minimum atomic E-state index is -0.475. The van der Waals surface area contributed by atoms with E-state index in [1.54, 1.807) is 24.3 Å². The summed E-state index contributed by atoms with van der Waals surface area (Å²) in [5, 5.41) is 0. The van der Waals surface area contributed by atoms with Crippen LogP contribution in [0.15, 0.2) is 78.6 Å². The molecule has 0 N–H and O–H groups in total. The Morgan fingerprint density at radius 2 is 1.74 bits per heavy atom. The van der Waals surface area contributed by atoms with Gasteiger partial charge in [-0.05, 0) is 41.3 Å². The molecule has 0 amide bonds. The van der Waals surface area contributed by atoms with Crippen molar-refractivity contribution < 1.29 is 23.8 Å².